The van der Waals surface area contributed by atoms with Gasteiger partial charge in [0.1, 0.15) is 0 Å². The Kier molecular flexibility index (Phi) is 8.39. The van der Waals surface area contributed by atoms with Crippen LogP contribution in [0.15, 0.2) is 114 Å². The van der Waals surface area contributed by atoms with E-state index in [0.29, 0.717) is 11.8 Å². The molecule has 4 nitrogen and oxygen atoms in total. The van der Waals surface area contributed by atoms with Gasteiger partial charge >= 0.3 is 0 Å². The quantitative estimate of drug-likeness (QED) is 0.164. The Labute approximate surface area is 277 Å². The summed E-state index contributed by atoms with van der Waals surface area (Å²) in [5.74, 6) is 1.65. The molecule has 0 aliphatic rings. The summed E-state index contributed by atoms with van der Waals surface area (Å²) >= 11 is 0. The van der Waals surface area contributed by atoms with Gasteiger partial charge in [0.25, 0.3) is 0 Å². The van der Waals surface area contributed by atoms with Crippen LogP contribution in [0, 0.1) is 19.2 Å². The first-order valence-corrected chi connectivity index (χ1v) is 14.6. The van der Waals surface area contributed by atoms with Gasteiger partial charge in [0.15, 0.2) is 0 Å². The van der Waals surface area contributed by atoms with Gasteiger partial charge in [0, 0.05) is 47.9 Å². The van der Waals surface area contributed by atoms with E-state index in [4.69, 9.17) is 13.5 Å². The molecule has 1 radical (unpaired) electrons. The molecule has 223 valence electrons. The molecule has 0 unspecified atom stereocenters. The Bertz CT molecular complexity index is 2070. The number of imidazole rings is 1. The number of aromatic nitrogens is 3. The fraction of sp³-hybridized carbons (Fsp3) is 0.179. The van der Waals surface area contributed by atoms with E-state index in [9.17, 15) is 0 Å². The number of rotatable bonds is 5. The van der Waals surface area contributed by atoms with E-state index >= 15 is 0 Å². The first kappa shape index (κ1) is 27.3. The molecular weight excluding hydrogens is 719 g/mol. The molecule has 3 aromatic heterocycles. The van der Waals surface area contributed by atoms with Gasteiger partial charge in [-0.05, 0) is 53.2 Å². The molecule has 0 saturated carbocycles. The molecule has 0 spiro atoms. The van der Waals surface area contributed by atoms with Crippen LogP contribution in [0.2, 0.25) is 0 Å². The van der Waals surface area contributed by atoms with E-state index in [1.807, 2.05) is 42.5 Å². The van der Waals surface area contributed by atoms with Crippen molar-refractivity contribution in [2.24, 2.45) is 0 Å². The van der Waals surface area contributed by atoms with Gasteiger partial charge in [-0.3, -0.25) is 4.98 Å². The number of nitrogens with zero attached hydrogens (tertiary/aromatic N) is 3. The minimum absolute atomic E-state index is 0. The number of benzene rings is 4. The SMILES string of the molecule is CC(C)c1cccc(C(C)C)c1-n1c(-c2[c-]oc3ccccc23)nc2ccccc21.[2H]C([2H])([2H])c1ccc(-c2[c-]cccc2)nc1.[Ir]. The molecule has 3 heterocycles. The van der Waals surface area contributed by atoms with Gasteiger partial charge in [-0.2, -0.15) is 0 Å². The molecule has 4 aromatic carbocycles. The van der Waals surface area contributed by atoms with Gasteiger partial charge in [-0.25, -0.2) is 0 Å². The average Bonchev–Trinajstić information content (AvgIpc) is 3.66. The summed E-state index contributed by atoms with van der Waals surface area (Å²) in [5.41, 5.74) is 9.50. The average molecular weight is 757 g/mol. The van der Waals surface area contributed by atoms with Crippen LogP contribution in [-0.2, 0) is 20.1 Å². The summed E-state index contributed by atoms with van der Waals surface area (Å²) in [6.45, 7) is 6.91. The van der Waals surface area contributed by atoms with Crippen molar-refractivity contribution in [3.8, 4) is 28.3 Å². The zero-order valence-electron chi connectivity index (χ0n) is 28.1. The maximum absolute atomic E-state index is 7.23. The second-order valence-corrected chi connectivity index (χ2v) is 11.1. The zero-order valence-corrected chi connectivity index (χ0v) is 27.5. The molecule has 7 rings (SSSR count). The van der Waals surface area contributed by atoms with Crippen molar-refractivity contribution >= 4 is 22.0 Å². The third kappa shape index (κ3) is 6.17. The minimum atomic E-state index is -2.09. The predicted octanol–water partition coefficient (Wildman–Crippen LogP) is 10.3. The molecule has 0 saturated heterocycles. The Hall–Kier alpha value is -4.31. The molecule has 0 atom stereocenters. The number of para-hydroxylation sites is 4. The molecule has 0 N–H and O–H groups in total. The molecule has 0 aliphatic carbocycles. The normalized spacial score (nSPS) is 12.4. The molecule has 5 heteroatoms. The van der Waals surface area contributed by atoms with Crippen molar-refractivity contribution in [1.29, 1.82) is 0 Å². The number of aryl methyl sites for hydroxylation is 1. The van der Waals surface area contributed by atoms with Crippen molar-refractivity contribution in [3.63, 3.8) is 0 Å². The van der Waals surface area contributed by atoms with Crippen molar-refractivity contribution < 1.29 is 28.6 Å². The number of hydrogen-bond donors (Lipinski definition) is 0. The largest absolute Gasteiger partial charge is 0.557 e. The summed E-state index contributed by atoms with van der Waals surface area (Å²) in [4.78, 5) is 9.18. The van der Waals surface area contributed by atoms with E-state index < -0.39 is 6.85 Å². The van der Waals surface area contributed by atoms with Gasteiger partial charge in [-0.1, -0.05) is 99.3 Å². The van der Waals surface area contributed by atoms with E-state index in [1.54, 1.807) is 18.2 Å². The van der Waals surface area contributed by atoms with Crippen LogP contribution >= 0.6 is 0 Å². The van der Waals surface area contributed by atoms with E-state index in [1.165, 1.54) is 23.0 Å². The Balaban J connectivity index is 0.000000217. The third-order valence-electron chi connectivity index (χ3n) is 7.52. The Morgan fingerprint density at radius 3 is 2.20 bits per heavy atom. The van der Waals surface area contributed by atoms with Crippen LogP contribution in [0.4, 0.5) is 0 Å². The van der Waals surface area contributed by atoms with Crippen LogP contribution in [-0.4, -0.2) is 14.5 Å². The molecule has 0 amide bonds. The van der Waals surface area contributed by atoms with Gasteiger partial charge < -0.3 is 14.0 Å². The number of furan rings is 1. The van der Waals surface area contributed by atoms with Gasteiger partial charge in [0.05, 0.1) is 16.9 Å². The fourth-order valence-electron chi connectivity index (χ4n) is 5.39. The number of hydrogen-bond acceptors (Lipinski definition) is 3. The molecule has 0 aliphatic heterocycles. The van der Waals surface area contributed by atoms with Crippen molar-refractivity contribution in [3.05, 3.63) is 138 Å². The number of pyridine rings is 1. The summed E-state index contributed by atoms with van der Waals surface area (Å²) in [5, 5.41) is 1.03. The molecular formula is C39H35IrN3O-2. The summed E-state index contributed by atoms with van der Waals surface area (Å²) in [6.07, 6.45) is 4.53. The smallest absolute Gasteiger partial charge is 0.0774 e. The maximum atomic E-state index is 7.23. The topological polar surface area (TPSA) is 43.9 Å². The molecule has 44 heavy (non-hydrogen) atoms. The third-order valence-corrected chi connectivity index (χ3v) is 7.52. The summed E-state index contributed by atoms with van der Waals surface area (Å²) < 4.78 is 29.8. The molecule has 0 fully saturated rings. The first-order chi connectivity index (χ1) is 22.1. The van der Waals surface area contributed by atoms with E-state index in [0.717, 1.165) is 44.6 Å². The second kappa shape index (κ2) is 13.5. The van der Waals surface area contributed by atoms with Crippen molar-refractivity contribution in [1.82, 2.24) is 14.5 Å². The standard InChI is InChI=1S/C27H25N2O.C12H10N.Ir/c1-17(2)19-11-9-12-20(18(3)4)26(19)29-24-14-7-6-13-23(24)28-27(29)22-16-30-25-15-8-5-10-21(22)25;1-10-7-8-12(13-9-10)11-5-3-2-4-6-11;/h5-15,17-18H,1-4H3;2-5,7-9H,1H3;/q2*-1;/i;1D3;. The Morgan fingerprint density at radius 1 is 0.795 bits per heavy atom. The van der Waals surface area contributed by atoms with Crippen LogP contribution in [0.1, 0.15) is 60.3 Å². The van der Waals surface area contributed by atoms with Crippen molar-refractivity contribution in [2.75, 3.05) is 0 Å². The monoisotopic (exact) mass is 757 g/mol. The summed E-state index contributed by atoms with van der Waals surface area (Å²) in [7, 11) is 0. The fourth-order valence-corrected chi connectivity index (χ4v) is 5.39. The van der Waals surface area contributed by atoms with Gasteiger partial charge in [-0.15, -0.1) is 42.0 Å². The molecule has 7 aromatic rings. The maximum Gasteiger partial charge on any atom is 0.0774 e. The van der Waals surface area contributed by atoms with E-state index in [2.05, 4.69) is 92.0 Å². The van der Waals surface area contributed by atoms with Crippen LogP contribution in [0.25, 0.3) is 50.3 Å². The Morgan fingerprint density at radius 2 is 1.52 bits per heavy atom. The van der Waals surface area contributed by atoms with Crippen molar-refractivity contribution in [2.45, 2.75) is 46.4 Å². The predicted molar refractivity (Wildman–Crippen MR) is 177 cm³/mol. The van der Waals surface area contributed by atoms with E-state index in [-0.39, 0.29) is 25.7 Å². The van der Waals surface area contributed by atoms with Gasteiger partial charge in [0.2, 0.25) is 0 Å². The van der Waals surface area contributed by atoms with Crippen LogP contribution < -0.4 is 0 Å². The number of fused-ring (bicyclic) bond motifs is 2. The zero-order chi connectivity index (χ0) is 32.4. The minimum Gasteiger partial charge on any atom is -0.557 e. The summed E-state index contributed by atoms with van der Waals surface area (Å²) in [6, 6.07) is 36.8. The second-order valence-electron chi connectivity index (χ2n) is 11.1. The first-order valence-electron chi connectivity index (χ1n) is 16.1. The molecule has 0 bridgehead atoms. The van der Waals surface area contributed by atoms with Crippen LogP contribution in [0.3, 0.4) is 0 Å². The van der Waals surface area contributed by atoms with Crippen LogP contribution in [0.5, 0.6) is 0 Å².